The minimum atomic E-state index is 0.667. The number of nitrogens with two attached hydrogens (primary N) is 1. The maximum Gasteiger partial charge on any atom is 0.143 e. The molecular weight excluding hydrogens is 196 g/mol. The summed E-state index contributed by atoms with van der Waals surface area (Å²) in [5.74, 6) is 9.41. The Morgan fingerprint density at radius 3 is 3.00 bits per heavy atom. The fourth-order valence-electron chi connectivity index (χ4n) is 0.935. The molecule has 0 unspecified atom stereocenters. The second-order valence-corrected chi connectivity index (χ2v) is 4.44. The number of nitrogens with zero attached hydrogens (tertiary/aromatic N) is 2. The van der Waals surface area contributed by atoms with Crippen molar-refractivity contribution < 1.29 is 0 Å². The van der Waals surface area contributed by atoms with Crippen molar-refractivity contribution in [2.45, 2.75) is 19.6 Å². The van der Waals surface area contributed by atoms with Gasteiger partial charge in [-0.15, -0.1) is 0 Å². The Kier molecular flexibility index (Phi) is 4.69. The van der Waals surface area contributed by atoms with E-state index in [0.29, 0.717) is 11.7 Å². The van der Waals surface area contributed by atoms with Gasteiger partial charge in [0.2, 0.25) is 0 Å². The van der Waals surface area contributed by atoms with E-state index in [-0.39, 0.29) is 0 Å². The fourth-order valence-corrected chi connectivity index (χ4v) is 1.85. The number of nitrogen functional groups attached to an aromatic ring is 1. The van der Waals surface area contributed by atoms with Gasteiger partial charge in [-0.1, -0.05) is 13.8 Å². The fraction of sp³-hybridized carbons (Fsp3) is 0.556. The van der Waals surface area contributed by atoms with Crippen LogP contribution >= 0.6 is 11.8 Å². The first-order valence-electron chi connectivity index (χ1n) is 4.58. The number of nitrogens with one attached hydrogen (secondary N) is 1. The van der Waals surface area contributed by atoms with Crippen LogP contribution in [0.1, 0.15) is 19.7 Å². The summed E-state index contributed by atoms with van der Waals surface area (Å²) in [6.07, 6.45) is 1.72. The first kappa shape index (κ1) is 11.3. The Labute approximate surface area is 88.7 Å². The normalized spacial score (nSPS) is 10.6. The first-order valence-corrected chi connectivity index (χ1v) is 5.74. The number of hydrogen-bond donors (Lipinski definition) is 2. The maximum atomic E-state index is 5.25. The van der Waals surface area contributed by atoms with Gasteiger partial charge in [0.25, 0.3) is 0 Å². The topological polar surface area (TPSA) is 63.8 Å². The van der Waals surface area contributed by atoms with Crippen LogP contribution in [0.5, 0.6) is 0 Å². The molecule has 5 heteroatoms. The zero-order chi connectivity index (χ0) is 10.4. The smallest absolute Gasteiger partial charge is 0.143 e. The average molecular weight is 212 g/mol. The van der Waals surface area contributed by atoms with Gasteiger partial charge in [-0.2, -0.15) is 11.8 Å². The number of hydrazine groups is 1. The van der Waals surface area contributed by atoms with Crippen molar-refractivity contribution >= 4 is 17.6 Å². The summed E-state index contributed by atoms with van der Waals surface area (Å²) in [5, 5.41) is 0. The third-order valence-corrected chi connectivity index (χ3v) is 2.90. The second-order valence-electron chi connectivity index (χ2n) is 3.41. The van der Waals surface area contributed by atoms with Crippen molar-refractivity contribution in [1.82, 2.24) is 9.97 Å². The largest absolute Gasteiger partial charge is 0.308 e. The Morgan fingerprint density at radius 1 is 1.57 bits per heavy atom. The summed E-state index contributed by atoms with van der Waals surface area (Å²) in [6.45, 7) is 4.40. The number of hydrogen-bond acceptors (Lipinski definition) is 5. The van der Waals surface area contributed by atoms with Gasteiger partial charge >= 0.3 is 0 Å². The standard InChI is InChI=1S/C9H16N4S/c1-7(2)5-14-6-9-11-4-3-8(12-9)13-10/h3-4,7H,5-6,10H2,1-2H3,(H,11,12,13). The van der Waals surface area contributed by atoms with Crippen molar-refractivity contribution in [3.63, 3.8) is 0 Å². The van der Waals surface area contributed by atoms with E-state index in [1.807, 2.05) is 11.8 Å². The van der Waals surface area contributed by atoms with Crippen molar-refractivity contribution in [3.05, 3.63) is 18.1 Å². The SMILES string of the molecule is CC(C)CSCc1nccc(NN)n1. The van der Waals surface area contributed by atoms with Gasteiger partial charge in [0.05, 0.1) is 5.75 Å². The molecule has 0 amide bonds. The number of thioether (sulfide) groups is 1. The predicted molar refractivity (Wildman–Crippen MR) is 60.8 cm³/mol. The van der Waals surface area contributed by atoms with Crippen LogP contribution < -0.4 is 11.3 Å². The van der Waals surface area contributed by atoms with E-state index in [9.17, 15) is 0 Å². The van der Waals surface area contributed by atoms with E-state index in [4.69, 9.17) is 5.84 Å². The van der Waals surface area contributed by atoms with Gasteiger partial charge in [0.15, 0.2) is 0 Å². The highest BCUT2D eigenvalue weighted by molar-refractivity contribution is 7.98. The molecule has 3 N–H and O–H groups in total. The molecule has 78 valence electrons. The van der Waals surface area contributed by atoms with Crippen LogP contribution in [0.4, 0.5) is 5.82 Å². The highest BCUT2D eigenvalue weighted by Crippen LogP contribution is 2.13. The van der Waals surface area contributed by atoms with E-state index in [0.717, 1.165) is 17.3 Å². The number of anilines is 1. The van der Waals surface area contributed by atoms with E-state index in [2.05, 4.69) is 29.2 Å². The summed E-state index contributed by atoms with van der Waals surface area (Å²) in [6, 6.07) is 1.75. The second kappa shape index (κ2) is 5.82. The van der Waals surface area contributed by atoms with Crippen LogP contribution in [0.15, 0.2) is 12.3 Å². The third kappa shape index (κ3) is 3.93. The molecule has 4 nitrogen and oxygen atoms in total. The predicted octanol–water partition coefficient (Wildman–Crippen LogP) is 1.65. The van der Waals surface area contributed by atoms with E-state index < -0.39 is 0 Å². The molecule has 0 aliphatic heterocycles. The Balaban J connectivity index is 2.42. The third-order valence-electron chi connectivity index (χ3n) is 1.54. The molecule has 1 heterocycles. The molecular formula is C9H16N4S. The zero-order valence-corrected chi connectivity index (χ0v) is 9.34. The molecule has 1 aromatic heterocycles. The summed E-state index contributed by atoms with van der Waals surface area (Å²) in [7, 11) is 0. The van der Waals surface area contributed by atoms with Crippen molar-refractivity contribution in [2.24, 2.45) is 11.8 Å². The average Bonchev–Trinajstić information content (AvgIpc) is 2.18. The van der Waals surface area contributed by atoms with Crippen molar-refractivity contribution in [2.75, 3.05) is 11.2 Å². The van der Waals surface area contributed by atoms with Crippen LogP contribution in [0, 0.1) is 5.92 Å². The summed E-state index contributed by atoms with van der Waals surface area (Å²) < 4.78 is 0. The number of aromatic nitrogens is 2. The number of rotatable bonds is 5. The van der Waals surface area contributed by atoms with Crippen LogP contribution in [0.2, 0.25) is 0 Å². The molecule has 0 spiro atoms. The molecule has 0 radical (unpaired) electrons. The molecule has 0 bridgehead atoms. The highest BCUT2D eigenvalue weighted by atomic mass is 32.2. The van der Waals surface area contributed by atoms with Crippen LogP contribution in [0.25, 0.3) is 0 Å². The van der Waals surface area contributed by atoms with Gasteiger partial charge in [-0.05, 0) is 11.7 Å². The molecule has 0 fully saturated rings. The van der Waals surface area contributed by atoms with E-state index in [1.54, 1.807) is 12.3 Å². The molecule has 0 saturated heterocycles. The molecule has 0 aliphatic rings. The molecule has 0 atom stereocenters. The lowest BCUT2D eigenvalue weighted by atomic mass is 10.3. The van der Waals surface area contributed by atoms with E-state index >= 15 is 0 Å². The highest BCUT2D eigenvalue weighted by Gasteiger charge is 1.99. The minimum absolute atomic E-state index is 0.667. The van der Waals surface area contributed by atoms with Gasteiger partial charge in [0.1, 0.15) is 11.6 Å². The molecule has 0 saturated carbocycles. The van der Waals surface area contributed by atoms with Crippen LogP contribution in [0.3, 0.4) is 0 Å². The molecule has 1 aromatic rings. The lowest BCUT2D eigenvalue weighted by Crippen LogP contribution is -2.09. The molecule has 1 rings (SSSR count). The van der Waals surface area contributed by atoms with Crippen molar-refractivity contribution in [1.29, 1.82) is 0 Å². The van der Waals surface area contributed by atoms with Gasteiger partial charge in [-0.25, -0.2) is 15.8 Å². The summed E-state index contributed by atoms with van der Waals surface area (Å²) in [5.41, 5.74) is 2.51. The van der Waals surface area contributed by atoms with Crippen LogP contribution in [-0.2, 0) is 5.75 Å². The lowest BCUT2D eigenvalue weighted by molar-refractivity contribution is 0.750. The molecule has 0 aliphatic carbocycles. The van der Waals surface area contributed by atoms with Crippen LogP contribution in [-0.4, -0.2) is 15.7 Å². The maximum absolute atomic E-state index is 5.25. The molecule has 14 heavy (non-hydrogen) atoms. The van der Waals surface area contributed by atoms with Gasteiger partial charge in [0, 0.05) is 12.3 Å². The Morgan fingerprint density at radius 2 is 2.36 bits per heavy atom. The van der Waals surface area contributed by atoms with Crippen molar-refractivity contribution in [3.8, 4) is 0 Å². The summed E-state index contributed by atoms with van der Waals surface area (Å²) in [4.78, 5) is 8.38. The zero-order valence-electron chi connectivity index (χ0n) is 8.53. The van der Waals surface area contributed by atoms with Gasteiger partial charge in [-0.3, -0.25) is 0 Å². The van der Waals surface area contributed by atoms with Gasteiger partial charge < -0.3 is 5.43 Å². The Bertz CT molecular complexity index is 277. The summed E-state index contributed by atoms with van der Waals surface area (Å²) >= 11 is 1.84. The Hall–Kier alpha value is -0.810. The lowest BCUT2D eigenvalue weighted by Gasteiger charge is -2.04. The monoisotopic (exact) mass is 212 g/mol. The quantitative estimate of drug-likeness (QED) is 0.574. The first-order chi connectivity index (χ1) is 6.72. The minimum Gasteiger partial charge on any atom is -0.308 e. The molecule has 0 aromatic carbocycles. The van der Waals surface area contributed by atoms with E-state index in [1.165, 1.54) is 0 Å².